The van der Waals surface area contributed by atoms with Crippen LogP contribution in [0.25, 0.3) is 22.2 Å². The molecule has 34 heavy (non-hydrogen) atoms. The van der Waals surface area contributed by atoms with Crippen molar-refractivity contribution >= 4 is 34.4 Å². The number of H-pyrrole nitrogens is 1. The lowest BCUT2D eigenvalue weighted by molar-refractivity contribution is -0.142. The summed E-state index contributed by atoms with van der Waals surface area (Å²) in [4.78, 5) is 31.4. The van der Waals surface area contributed by atoms with E-state index in [2.05, 4.69) is 15.3 Å². The fourth-order valence-corrected chi connectivity index (χ4v) is 4.56. The molecule has 172 valence electrons. The van der Waals surface area contributed by atoms with E-state index in [-0.39, 0.29) is 5.78 Å². The van der Waals surface area contributed by atoms with Crippen molar-refractivity contribution in [3.63, 3.8) is 0 Å². The number of ketones is 1. The van der Waals surface area contributed by atoms with Crippen LogP contribution in [0, 0.1) is 23.5 Å². The van der Waals surface area contributed by atoms with Crippen LogP contribution in [-0.4, -0.2) is 26.8 Å². The number of benzene rings is 3. The maximum absolute atomic E-state index is 13.4. The predicted molar refractivity (Wildman–Crippen MR) is 124 cm³/mol. The molecule has 1 heterocycles. The molecule has 4 aromatic rings. The van der Waals surface area contributed by atoms with Gasteiger partial charge in [0.25, 0.3) is 0 Å². The predicted octanol–water partition coefficient (Wildman–Crippen LogP) is 5.94. The highest BCUT2D eigenvalue weighted by Crippen LogP contribution is 2.35. The first-order valence-electron chi connectivity index (χ1n) is 11.0. The monoisotopic (exact) mass is 461 g/mol. The van der Waals surface area contributed by atoms with E-state index in [1.165, 1.54) is 0 Å². The number of carboxylic acids is 1. The third kappa shape index (κ3) is 4.14. The average molecular weight is 461 g/mol. The molecule has 1 aliphatic carbocycles. The minimum absolute atomic E-state index is 0.110. The number of carbonyl (C=O) groups excluding carboxylic acids is 1. The number of hydrogen-bond acceptors (Lipinski definition) is 4. The lowest BCUT2D eigenvalue weighted by Crippen LogP contribution is -2.25. The molecule has 3 aromatic carbocycles. The van der Waals surface area contributed by atoms with Crippen molar-refractivity contribution in [1.82, 2.24) is 9.97 Å². The van der Waals surface area contributed by atoms with Crippen molar-refractivity contribution in [2.24, 2.45) is 11.8 Å². The zero-order valence-corrected chi connectivity index (χ0v) is 18.0. The first-order chi connectivity index (χ1) is 16.4. The Hall–Kier alpha value is -4.07. The lowest BCUT2D eigenvalue weighted by atomic mass is 9.88. The topological polar surface area (TPSA) is 95.1 Å². The van der Waals surface area contributed by atoms with E-state index in [0.717, 1.165) is 35.4 Å². The van der Waals surface area contributed by atoms with E-state index in [0.29, 0.717) is 35.4 Å². The summed E-state index contributed by atoms with van der Waals surface area (Å²) in [7, 11) is 0. The minimum atomic E-state index is -0.951. The summed E-state index contributed by atoms with van der Waals surface area (Å²) >= 11 is 0. The van der Waals surface area contributed by atoms with E-state index < -0.39 is 29.4 Å². The smallest absolute Gasteiger partial charge is 0.307 e. The van der Waals surface area contributed by atoms with Crippen molar-refractivity contribution in [3.8, 4) is 11.1 Å². The fraction of sp³-hybridized carbons (Fsp3) is 0.192. The van der Waals surface area contributed by atoms with Crippen molar-refractivity contribution in [1.29, 1.82) is 0 Å². The van der Waals surface area contributed by atoms with Crippen LogP contribution >= 0.6 is 0 Å². The number of fused-ring (bicyclic) bond motifs is 1. The molecule has 2 atom stereocenters. The van der Waals surface area contributed by atoms with E-state index in [9.17, 15) is 23.5 Å². The fourth-order valence-electron chi connectivity index (χ4n) is 4.56. The molecule has 0 amide bonds. The molecule has 2 unspecified atom stereocenters. The van der Waals surface area contributed by atoms with Gasteiger partial charge in [-0.25, -0.2) is 13.8 Å². The van der Waals surface area contributed by atoms with E-state index >= 15 is 0 Å². The number of Topliss-reactive ketones (excluding diaryl/α,β-unsaturated/α-hetero) is 1. The Kier molecular flexibility index (Phi) is 5.57. The van der Waals surface area contributed by atoms with E-state index in [1.54, 1.807) is 12.1 Å². The third-order valence-corrected chi connectivity index (χ3v) is 6.34. The highest BCUT2D eigenvalue weighted by Gasteiger charge is 2.37. The van der Waals surface area contributed by atoms with Gasteiger partial charge in [0.1, 0.15) is 0 Å². The molecule has 5 rings (SSSR count). The first-order valence-corrected chi connectivity index (χ1v) is 11.0. The maximum Gasteiger partial charge on any atom is 0.307 e. The van der Waals surface area contributed by atoms with Crippen molar-refractivity contribution < 1.29 is 23.5 Å². The van der Waals surface area contributed by atoms with E-state index in [1.807, 2.05) is 36.4 Å². The Bertz CT molecular complexity index is 1340. The summed E-state index contributed by atoms with van der Waals surface area (Å²) in [5.41, 5.74) is 3.82. The van der Waals surface area contributed by atoms with Gasteiger partial charge in [-0.05, 0) is 36.1 Å². The Morgan fingerprint density at radius 2 is 1.53 bits per heavy atom. The number of imidazole rings is 1. The molecule has 0 bridgehead atoms. The summed E-state index contributed by atoms with van der Waals surface area (Å²) < 4.78 is 26.8. The number of hydrogen-bond donors (Lipinski definition) is 3. The number of carbonyl (C=O) groups is 2. The zero-order chi connectivity index (χ0) is 23.8. The van der Waals surface area contributed by atoms with E-state index in [4.69, 9.17) is 0 Å². The molecule has 0 aliphatic heterocycles. The minimum Gasteiger partial charge on any atom is -0.481 e. The SMILES string of the molecule is O=C(O)C1CCCC1C(=O)c1ccc(-c2ccc(Nc3nc4cc(F)c(F)cc4[nH]3)cc2)cc1. The number of halogens is 2. The molecule has 0 radical (unpaired) electrons. The lowest BCUT2D eigenvalue weighted by Gasteiger charge is -2.14. The second-order valence-electron chi connectivity index (χ2n) is 8.49. The summed E-state index contributed by atoms with van der Waals surface area (Å²) in [5, 5.41) is 12.4. The second kappa shape index (κ2) is 8.70. The summed E-state index contributed by atoms with van der Waals surface area (Å²) in [6, 6.07) is 16.8. The molecule has 8 heteroatoms. The van der Waals surface area contributed by atoms with Gasteiger partial charge in [0.05, 0.1) is 17.0 Å². The summed E-state index contributed by atoms with van der Waals surface area (Å²) in [5.74, 6) is -3.60. The number of aromatic nitrogens is 2. The van der Waals surface area contributed by atoms with Gasteiger partial charge in [0, 0.05) is 29.3 Å². The van der Waals surface area contributed by atoms with Gasteiger partial charge in [-0.2, -0.15) is 0 Å². The van der Waals surface area contributed by atoms with Crippen LogP contribution in [0.4, 0.5) is 20.4 Å². The van der Waals surface area contributed by atoms with Crippen LogP contribution in [0.2, 0.25) is 0 Å². The van der Waals surface area contributed by atoms with Gasteiger partial charge in [0.2, 0.25) is 5.95 Å². The number of aliphatic carboxylic acids is 1. The van der Waals surface area contributed by atoms with Crippen LogP contribution in [0.3, 0.4) is 0 Å². The summed E-state index contributed by atoms with van der Waals surface area (Å²) in [6.45, 7) is 0. The van der Waals surface area contributed by atoms with Crippen LogP contribution in [-0.2, 0) is 4.79 Å². The van der Waals surface area contributed by atoms with Crippen molar-refractivity contribution in [2.75, 3.05) is 5.32 Å². The third-order valence-electron chi connectivity index (χ3n) is 6.34. The number of anilines is 2. The van der Waals surface area contributed by atoms with Crippen molar-refractivity contribution in [2.45, 2.75) is 19.3 Å². The van der Waals surface area contributed by atoms with Crippen LogP contribution < -0.4 is 5.32 Å². The standard InChI is InChI=1S/C26H21F2N3O3/c27-20-12-22-23(13-21(20)28)31-26(30-22)29-17-10-8-15(9-11-17)14-4-6-16(7-5-14)24(32)18-2-1-3-19(18)25(33)34/h4-13,18-19H,1-3H2,(H,33,34)(H2,29,30,31). The van der Waals surface area contributed by atoms with Gasteiger partial charge < -0.3 is 15.4 Å². The van der Waals surface area contributed by atoms with Gasteiger partial charge in [-0.1, -0.05) is 42.8 Å². The molecule has 0 spiro atoms. The number of aromatic amines is 1. The Morgan fingerprint density at radius 1 is 0.912 bits per heavy atom. The molecule has 1 fully saturated rings. The Balaban J connectivity index is 1.29. The zero-order valence-electron chi connectivity index (χ0n) is 18.0. The molecule has 6 nitrogen and oxygen atoms in total. The van der Waals surface area contributed by atoms with Gasteiger partial charge >= 0.3 is 5.97 Å². The normalized spacial score (nSPS) is 17.7. The molecule has 0 saturated heterocycles. The number of nitrogens with one attached hydrogen (secondary N) is 2. The second-order valence-corrected chi connectivity index (χ2v) is 8.49. The largest absolute Gasteiger partial charge is 0.481 e. The van der Waals surface area contributed by atoms with Crippen LogP contribution in [0.5, 0.6) is 0 Å². The highest BCUT2D eigenvalue weighted by molar-refractivity contribution is 6.00. The quantitative estimate of drug-likeness (QED) is 0.309. The maximum atomic E-state index is 13.4. The Labute approximate surface area is 193 Å². The molecule has 3 N–H and O–H groups in total. The number of nitrogens with zero attached hydrogens (tertiary/aromatic N) is 1. The molecule has 1 aliphatic rings. The molecule has 1 aromatic heterocycles. The average Bonchev–Trinajstić information content (AvgIpc) is 3.47. The number of carboxylic acid groups (broad SMARTS) is 1. The summed E-state index contributed by atoms with van der Waals surface area (Å²) in [6.07, 6.45) is 1.92. The van der Waals surface area contributed by atoms with Crippen molar-refractivity contribution in [3.05, 3.63) is 77.9 Å². The number of rotatable bonds is 6. The Morgan fingerprint density at radius 3 is 2.21 bits per heavy atom. The van der Waals surface area contributed by atoms with Crippen LogP contribution in [0.1, 0.15) is 29.6 Å². The van der Waals surface area contributed by atoms with Gasteiger partial charge in [-0.15, -0.1) is 0 Å². The molecular weight excluding hydrogens is 440 g/mol. The van der Waals surface area contributed by atoms with Crippen LogP contribution in [0.15, 0.2) is 60.7 Å². The molecular formula is C26H21F2N3O3. The van der Waals surface area contributed by atoms with Gasteiger partial charge in [0.15, 0.2) is 17.4 Å². The van der Waals surface area contributed by atoms with Gasteiger partial charge in [-0.3, -0.25) is 9.59 Å². The first kappa shape index (κ1) is 21.8. The molecule has 1 saturated carbocycles. The highest BCUT2D eigenvalue weighted by atomic mass is 19.2.